The van der Waals surface area contributed by atoms with Gasteiger partial charge in [0.15, 0.2) is 0 Å². The van der Waals surface area contributed by atoms with Crippen LogP contribution in [0.2, 0.25) is 0 Å². The lowest BCUT2D eigenvalue weighted by Crippen LogP contribution is -2.40. The first-order chi connectivity index (χ1) is 7.05. The van der Waals surface area contributed by atoms with Crippen LogP contribution in [0.4, 0.5) is 0 Å². The van der Waals surface area contributed by atoms with Crippen LogP contribution in [0.1, 0.15) is 25.5 Å². The first kappa shape index (κ1) is 12.2. The zero-order valence-corrected chi connectivity index (χ0v) is 9.27. The monoisotopic (exact) mass is 209 g/mol. The Kier molecular flexibility index (Phi) is 4.27. The molecule has 3 N–H and O–H groups in total. The van der Waals surface area contributed by atoms with Crippen LogP contribution in [-0.4, -0.2) is 29.0 Å². The van der Waals surface area contributed by atoms with Crippen molar-refractivity contribution in [3.8, 4) is 0 Å². The third-order valence-corrected chi connectivity index (χ3v) is 2.30. The minimum Gasteiger partial charge on any atom is -0.395 e. The Balaban J connectivity index is 2.82. The fourth-order valence-corrected chi connectivity index (χ4v) is 1.63. The molecule has 0 bridgehead atoms. The lowest BCUT2D eigenvalue weighted by atomic mass is 9.92. The van der Waals surface area contributed by atoms with Gasteiger partial charge >= 0.3 is 0 Å². The zero-order valence-electron chi connectivity index (χ0n) is 9.27. The molecule has 0 saturated heterocycles. The van der Waals surface area contributed by atoms with Crippen molar-refractivity contribution in [2.45, 2.75) is 25.5 Å². The maximum atomic E-state index is 10.0. The topological polar surface area (TPSA) is 52.5 Å². The van der Waals surface area contributed by atoms with E-state index in [4.69, 9.17) is 5.11 Å². The van der Waals surface area contributed by atoms with Gasteiger partial charge in [-0.15, -0.1) is 0 Å². The van der Waals surface area contributed by atoms with Gasteiger partial charge in [-0.25, -0.2) is 0 Å². The summed E-state index contributed by atoms with van der Waals surface area (Å²) in [5.41, 5.74) is 0.176. The van der Waals surface area contributed by atoms with Crippen molar-refractivity contribution in [2.75, 3.05) is 13.2 Å². The molecule has 0 aliphatic heterocycles. The van der Waals surface area contributed by atoms with Crippen molar-refractivity contribution < 1.29 is 10.2 Å². The second-order valence-corrected chi connectivity index (χ2v) is 4.18. The highest BCUT2D eigenvalue weighted by atomic mass is 16.3. The van der Waals surface area contributed by atoms with Gasteiger partial charge in [-0.05, 0) is 19.4 Å². The molecular weight excluding hydrogens is 190 g/mol. The summed E-state index contributed by atoms with van der Waals surface area (Å²) < 4.78 is 0. The molecule has 0 aliphatic rings. The van der Waals surface area contributed by atoms with Crippen molar-refractivity contribution in [1.29, 1.82) is 0 Å². The van der Waals surface area contributed by atoms with Gasteiger partial charge in [-0.1, -0.05) is 30.3 Å². The van der Waals surface area contributed by atoms with Gasteiger partial charge in [0.05, 0.1) is 18.2 Å². The van der Waals surface area contributed by atoms with Gasteiger partial charge in [-0.2, -0.15) is 0 Å². The Morgan fingerprint density at radius 1 is 1.27 bits per heavy atom. The molecule has 0 aliphatic carbocycles. The van der Waals surface area contributed by atoms with Crippen LogP contribution in [0.15, 0.2) is 30.3 Å². The Morgan fingerprint density at radius 2 is 1.87 bits per heavy atom. The molecule has 0 spiro atoms. The maximum absolute atomic E-state index is 10.0. The quantitative estimate of drug-likeness (QED) is 0.680. The van der Waals surface area contributed by atoms with Gasteiger partial charge in [0.1, 0.15) is 0 Å². The first-order valence-corrected chi connectivity index (χ1v) is 5.17. The molecule has 3 nitrogen and oxygen atoms in total. The minimum absolute atomic E-state index is 0.0689. The Morgan fingerprint density at radius 3 is 2.33 bits per heavy atom. The van der Waals surface area contributed by atoms with Gasteiger partial charge in [0.2, 0.25) is 0 Å². The molecule has 1 unspecified atom stereocenters. The smallest absolute Gasteiger partial charge is 0.0785 e. The molecular formula is C12H19NO2. The number of rotatable bonds is 5. The van der Waals surface area contributed by atoms with Gasteiger partial charge in [-0.3, -0.25) is 0 Å². The van der Waals surface area contributed by atoms with E-state index < -0.39 is 5.60 Å². The molecule has 1 atom stereocenters. The van der Waals surface area contributed by atoms with E-state index in [2.05, 4.69) is 5.32 Å². The van der Waals surface area contributed by atoms with Crippen LogP contribution in [0.3, 0.4) is 0 Å². The second-order valence-electron chi connectivity index (χ2n) is 4.18. The summed E-state index contributed by atoms with van der Waals surface area (Å²) >= 11 is 0. The number of aliphatic hydroxyl groups is 2. The average molecular weight is 209 g/mol. The summed E-state index contributed by atoms with van der Waals surface area (Å²) in [6.07, 6.45) is 0. The molecule has 0 amide bonds. The molecule has 3 heteroatoms. The van der Waals surface area contributed by atoms with Crippen LogP contribution >= 0.6 is 0 Å². The van der Waals surface area contributed by atoms with E-state index in [1.54, 1.807) is 13.8 Å². The van der Waals surface area contributed by atoms with Crippen LogP contribution in [0.5, 0.6) is 0 Å². The predicted octanol–water partition coefficient (Wildman–Crippen LogP) is 1.08. The normalized spacial score (nSPS) is 13.9. The Labute approximate surface area is 90.8 Å². The van der Waals surface area contributed by atoms with Gasteiger partial charge in [0.25, 0.3) is 0 Å². The molecule has 0 saturated carbocycles. The van der Waals surface area contributed by atoms with Crippen molar-refractivity contribution in [3.63, 3.8) is 0 Å². The lowest BCUT2D eigenvalue weighted by Gasteiger charge is -2.30. The van der Waals surface area contributed by atoms with Gasteiger partial charge < -0.3 is 15.5 Å². The molecule has 0 aromatic heterocycles. The first-order valence-electron chi connectivity index (χ1n) is 5.17. The molecule has 0 radical (unpaired) electrons. The summed E-state index contributed by atoms with van der Waals surface area (Å²) in [4.78, 5) is 0. The van der Waals surface area contributed by atoms with E-state index in [-0.39, 0.29) is 12.6 Å². The highest BCUT2D eigenvalue weighted by Crippen LogP contribution is 2.24. The summed E-state index contributed by atoms with van der Waals surface area (Å²) in [7, 11) is 0. The van der Waals surface area contributed by atoms with E-state index in [0.717, 1.165) is 5.56 Å². The highest BCUT2D eigenvalue weighted by molar-refractivity contribution is 5.21. The van der Waals surface area contributed by atoms with Crippen molar-refractivity contribution in [1.82, 2.24) is 5.32 Å². The van der Waals surface area contributed by atoms with E-state index in [9.17, 15) is 5.11 Å². The zero-order chi connectivity index (χ0) is 11.3. The van der Waals surface area contributed by atoms with Crippen molar-refractivity contribution in [3.05, 3.63) is 35.9 Å². The number of hydrogen-bond donors (Lipinski definition) is 3. The highest BCUT2D eigenvalue weighted by Gasteiger charge is 2.27. The third kappa shape index (κ3) is 3.63. The molecule has 1 aromatic carbocycles. The SMILES string of the molecule is CC(C)(O)C(NCCO)c1ccccc1. The maximum Gasteiger partial charge on any atom is 0.0785 e. The van der Waals surface area contributed by atoms with Crippen molar-refractivity contribution in [2.24, 2.45) is 0 Å². The second kappa shape index (κ2) is 5.26. The lowest BCUT2D eigenvalue weighted by molar-refractivity contribution is 0.0355. The number of nitrogens with one attached hydrogen (secondary N) is 1. The summed E-state index contributed by atoms with van der Waals surface area (Å²) in [6, 6.07) is 9.59. The molecule has 1 aromatic rings. The van der Waals surface area contributed by atoms with E-state index in [0.29, 0.717) is 6.54 Å². The number of benzene rings is 1. The Bertz CT molecular complexity index is 279. The molecule has 15 heavy (non-hydrogen) atoms. The van der Waals surface area contributed by atoms with Crippen LogP contribution in [0.25, 0.3) is 0 Å². The van der Waals surface area contributed by atoms with Crippen molar-refractivity contribution >= 4 is 0 Å². The molecule has 84 valence electrons. The molecule has 1 rings (SSSR count). The van der Waals surface area contributed by atoms with E-state index in [1.807, 2.05) is 30.3 Å². The minimum atomic E-state index is -0.851. The third-order valence-electron chi connectivity index (χ3n) is 2.30. The summed E-state index contributed by atoms with van der Waals surface area (Å²) in [5.74, 6) is 0. The number of aliphatic hydroxyl groups excluding tert-OH is 1. The summed E-state index contributed by atoms with van der Waals surface area (Å²) in [5, 5.41) is 21.9. The Hall–Kier alpha value is -0.900. The van der Waals surface area contributed by atoms with E-state index in [1.165, 1.54) is 0 Å². The average Bonchev–Trinajstić information content (AvgIpc) is 2.18. The van der Waals surface area contributed by atoms with Crippen LogP contribution in [-0.2, 0) is 0 Å². The fourth-order valence-electron chi connectivity index (χ4n) is 1.63. The molecule has 0 heterocycles. The molecule has 0 fully saturated rings. The van der Waals surface area contributed by atoms with Crippen LogP contribution in [0, 0.1) is 0 Å². The fraction of sp³-hybridized carbons (Fsp3) is 0.500. The summed E-state index contributed by atoms with van der Waals surface area (Å²) in [6.45, 7) is 4.06. The van der Waals surface area contributed by atoms with Crippen LogP contribution < -0.4 is 5.32 Å². The largest absolute Gasteiger partial charge is 0.395 e. The van der Waals surface area contributed by atoms with E-state index >= 15 is 0 Å². The van der Waals surface area contributed by atoms with Gasteiger partial charge in [0, 0.05) is 6.54 Å². The predicted molar refractivity (Wildman–Crippen MR) is 60.6 cm³/mol. The number of hydrogen-bond acceptors (Lipinski definition) is 3. The standard InChI is InChI=1S/C12H19NO2/c1-12(2,15)11(13-8-9-14)10-6-4-3-5-7-10/h3-7,11,13-15H,8-9H2,1-2H3.